The van der Waals surface area contributed by atoms with Gasteiger partial charge in [-0.25, -0.2) is 4.98 Å². The Hall–Kier alpha value is -0.760. The highest BCUT2D eigenvalue weighted by Gasteiger charge is 2.14. The molecule has 1 aromatic heterocycles. The van der Waals surface area contributed by atoms with Gasteiger partial charge in [0, 0.05) is 17.1 Å². The molecule has 0 aromatic carbocycles. The second-order valence-electron chi connectivity index (χ2n) is 3.84. The van der Waals surface area contributed by atoms with E-state index in [4.69, 9.17) is 17.3 Å². The normalized spacial score (nSPS) is 15.1. The van der Waals surface area contributed by atoms with Crippen molar-refractivity contribution in [2.75, 3.05) is 5.73 Å². The fraction of sp³-hybridized carbons (Fsp3) is 0.545. The van der Waals surface area contributed by atoms with Crippen LogP contribution in [-0.4, -0.2) is 10.4 Å². The Morgan fingerprint density at radius 2 is 2.14 bits per heavy atom. The molecule has 14 heavy (non-hydrogen) atoms. The first kappa shape index (κ1) is 11.3. The van der Waals surface area contributed by atoms with Gasteiger partial charge in [-0.2, -0.15) is 0 Å². The number of hydrogen-bond donors (Lipinski definition) is 1. The molecule has 2 nitrogen and oxygen atoms in total. The topological polar surface area (TPSA) is 38.9 Å². The maximum atomic E-state index is 5.97. The van der Waals surface area contributed by atoms with Crippen LogP contribution in [0.25, 0.3) is 0 Å². The number of alkyl halides is 1. The van der Waals surface area contributed by atoms with Crippen LogP contribution >= 0.6 is 11.6 Å². The van der Waals surface area contributed by atoms with Gasteiger partial charge in [0.1, 0.15) is 5.82 Å². The highest BCUT2D eigenvalue weighted by Crippen LogP contribution is 2.28. The van der Waals surface area contributed by atoms with Crippen molar-refractivity contribution in [3.63, 3.8) is 0 Å². The molecular weight excluding hydrogens is 196 g/mol. The van der Waals surface area contributed by atoms with Crippen LogP contribution in [0.1, 0.15) is 37.3 Å². The van der Waals surface area contributed by atoms with Crippen molar-refractivity contribution in [2.45, 2.75) is 38.5 Å². The van der Waals surface area contributed by atoms with Crippen molar-refractivity contribution in [3.8, 4) is 0 Å². The number of aryl methyl sites for hydroxylation is 1. The van der Waals surface area contributed by atoms with Gasteiger partial charge in [0.25, 0.3) is 0 Å². The van der Waals surface area contributed by atoms with Gasteiger partial charge in [-0.15, -0.1) is 11.6 Å². The molecular formula is C11H17ClN2. The maximum Gasteiger partial charge on any atom is 0.127 e. The van der Waals surface area contributed by atoms with Crippen molar-refractivity contribution < 1.29 is 0 Å². The van der Waals surface area contributed by atoms with Crippen molar-refractivity contribution >= 4 is 17.4 Å². The summed E-state index contributed by atoms with van der Waals surface area (Å²) in [7, 11) is 0. The summed E-state index contributed by atoms with van der Waals surface area (Å²) in [6.45, 7) is 6.20. The standard InChI is InChI=1S/C11H17ClN2/c1-7-4-5-14-11(13)10(7)8(2)6-9(3)12/h4-5,8-9H,6H2,1-3H3,(H2,13,14). The lowest BCUT2D eigenvalue weighted by Crippen LogP contribution is -2.07. The average molecular weight is 213 g/mol. The van der Waals surface area contributed by atoms with Crippen molar-refractivity contribution in [2.24, 2.45) is 0 Å². The monoisotopic (exact) mass is 212 g/mol. The van der Waals surface area contributed by atoms with Gasteiger partial charge in [0.15, 0.2) is 0 Å². The van der Waals surface area contributed by atoms with E-state index >= 15 is 0 Å². The number of nitrogens with two attached hydrogens (primary N) is 1. The molecule has 2 atom stereocenters. The summed E-state index contributed by atoms with van der Waals surface area (Å²) in [5.74, 6) is 1.01. The van der Waals surface area contributed by atoms with Crippen LogP contribution in [0, 0.1) is 6.92 Å². The third kappa shape index (κ3) is 2.61. The molecule has 3 heteroatoms. The van der Waals surface area contributed by atoms with Gasteiger partial charge in [0.2, 0.25) is 0 Å². The molecule has 0 amide bonds. The Morgan fingerprint density at radius 1 is 1.50 bits per heavy atom. The summed E-state index contributed by atoms with van der Waals surface area (Å²) in [5.41, 5.74) is 8.18. The van der Waals surface area contributed by atoms with Crippen LogP contribution < -0.4 is 5.73 Å². The molecule has 0 saturated carbocycles. The van der Waals surface area contributed by atoms with Crippen LogP contribution in [0.3, 0.4) is 0 Å². The largest absolute Gasteiger partial charge is 0.383 e. The molecule has 2 N–H and O–H groups in total. The highest BCUT2D eigenvalue weighted by molar-refractivity contribution is 6.20. The summed E-state index contributed by atoms with van der Waals surface area (Å²) in [6, 6.07) is 1.99. The van der Waals surface area contributed by atoms with Crippen LogP contribution in [0.15, 0.2) is 12.3 Å². The van der Waals surface area contributed by atoms with E-state index in [9.17, 15) is 0 Å². The summed E-state index contributed by atoms with van der Waals surface area (Å²) < 4.78 is 0. The minimum atomic E-state index is 0.170. The minimum Gasteiger partial charge on any atom is -0.383 e. The number of halogens is 1. The number of hydrogen-bond acceptors (Lipinski definition) is 2. The average Bonchev–Trinajstić information content (AvgIpc) is 2.01. The molecule has 0 radical (unpaired) electrons. The Morgan fingerprint density at radius 3 is 2.64 bits per heavy atom. The van der Waals surface area contributed by atoms with E-state index in [-0.39, 0.29) is 5.38 Å². The van der Waals surface area contributed by atoms with Crippen molar-refractivity contribution in [3.05, 3.63) is 23.4 Å². The van der Waals surface area contributed by atoms with Gasteiger partial charge in [-0.05, 0) is 37.8 Å². The Bertz CT molecular complexity index is 290. The summed E-state index contributed by atoms with van der Waals surface area (Å²) in [4.78, 5) is 4.10. The zero-order valence-electron chi connectivity index (χ0n) is 8.92. The first-order valence-electron chi connectivity index (χ1n) is 4.87. The lowest BCUT2D eigenvalue weighted by molar-refractivity contribution is 0.667. The number of nitrogen functional groups attached to an aromatic ring is 1. The van der Waals surface area contributed by atoms with Crippen LogP contribution in [0.2, 0.25) is 0 Å². The molecule has 0 saturated heterocycles. The van der Waals surface area contributed by atoms with Gasteiger partial charge in [-0.1, -0.05) is 6.92 Å². The zero-order valence-corrected chi connectivity index (χ0v) is 9.67. The van der Waals surface area contributed by atoms with E-state index in [0.717, 1.165) is 12.0 Å². The lowest BCUT2D eigenvalue weighted by atomic mass is 9.93. The summed E-state index contributed by atoms with van der Waals surface area (Å²) >= 11 is 5.97. The molecule has 1 heterocycles. The van der Waals surface area contributed by atoms with Gasteiger partial charge >= 0.3 is 0 Å². The van der Waals surface area contributed by atoms with E-state index in [1.54, 1.807) is 6.20 Å². The first-order valence-corrected chi connectivity index (χ1v) is 5.31. The fourth-order valence-electron chi connectivity index (χ4n) is 1.84. The summed E-state index contributed by atoms with van der Waals surface area (Å²) in [6.07, 6.45) is 2.67. The fourth-order valence-corrected chi connectivity index (χ4v) is 2.10. The van der Waals surface area contributed by atoms with E-state index in [0.29, 0.717) is 11.7 Å². The highest BCUT2D eigenvalue weighted by atomic mass is 35.5. The van der Waals surface area contributed by atoms with E-state index < -0.39 is 0 Å². The van der Waals surface area contributed by atoms with Gasteiger partial charge < -0.3 is 5.73 Å². The van der Waals surface area contributed by atoms with E-state index in [2.05, 4.69) is 18.8 Å². The van der Waals surface area contributed by atoms with Crippen molar-refractivity contribution in [1.29, 1.82) is 0 Å². The molecule has 0 bridgehead atoms. The number of rotatable bonds is 3. The molecule has 0 aliphatic heterocycles. The first-order chi connectivity index (χ1) is 6.52. The van der Waals surface area contributed by atoms with Crippen molar-refractivity contribution in [1.82, 2.24) is 4.98 Å². The second kappa shape index (κ2) is 4.65. The Balaban J connectivity index is 2.94. The Kier molecular flexibility index (Phi) is 3.76. The predicted molar refractivity (Wildman–Crippen MR) is 61.7 cm³/mol. The molecule has 0 aliphatic carbocycles. The molecule has 2 unspecified atom stereocenters. The predicted octanol–water partition coefficient (Wildman–Crippen LogP) is 3.09. The minimum absolute atomic E-state index is 0.170. The molecule has 78 valence electrons. The number of nitrogens with zero attached hydrogens (tertiary/aromatic N) is 1. The third-order valence-electron chi connectivity index (χ3n) is 2.41. The molecule has 0 spiro atoms. The second-order valence-corrected chi connectivity index (χ2v) is 4.59. The number of aromatic nitrogens is 1. The maximum absolute atomic E-state index is 5.97. The van der Waals surface area contributed by atoms with E-state index in [1.165, 1.54) is 5.56 Å². The van der Waals surface area contributed by atoms with Crippen LogP contribution in [0.5, 0.6) is 0 Å². The Labute approximate surface area is 90.5 Å². The SMILES string of the molecule is Cc1ccnc(N)c1C(C)CC(C)Cl. The third-order valence-corrected chi connectivity index (χ3v) is 2.59. The quantitative estimate of drug-likeness (QED) is 0.783. The summed E-state index contributed by atoms with van der Waals surface area (Å²) in [5, 5.41) is 0.170. The van der Waals surface area contributed by atoms with Gasteiger partial charge in [-0.3, -0.25) is 0 Å². The van der Waals surface area contributed by atoms with E-state index in [1.807, 2.05) is 13.0 Å². The number of pyridine rings is 1. The van der Waals surface area contributed by atoms with Crippen LogP contribution in [0.4, 0.5) is 5.82 Å². The molecule has 0 fully saturated rings. The zero-order chi connectivity index (χ0) is 10.7. The smallest absolute Gasteiger partial charge is 0.127 e. The molecule has 1 rings (SSSR count). The van der Waals surface area contributed by atoms with Crippen LogP contribution in [-0.2, 0) is 0 Å². The molecule has 1 aromatic rings. The molecule has 0 aliphatic rings. The lowest BCUT2D eigenvalue weighted by Gasteiger charge is -2.17. The number of anilines is 1. The van der Waals surface area contributed by atoms with Gasteiger partial charge in [0.05, 0.1) is 0 Å².